The number of likely N-dealkylation sites (tertiary alicyclic amines) is 1. The minimum atomic E-state index is -0.793. The molecule has 2 N–H and O–H groups in total. The highest BCUT2D eigenvalue weighted by Crippen LogP contribution is 2.44. The third-order valence-corrected chi connectivity index (χ3v) is 7.07. The van der Waals surface area contributed by atoms with Gasteiger partial charge in [0.05, 0.1) is 5.92 Å². The molecule has 7 heteroatoms. The molecular formula is C27H32N2O5. The molecule has 2 aromatic rings. The summed E-state index contributed by atoms with van der Waals surface area (Å²) in [5, 5.41) is 11.9. The van der Waals surface area contributed by atoms with Crippen LogP contribution in [-0.4, -0.2) is 54.2 Å². The second-order valence-corrected chi connectivity index (χ2v) is 9.79. The van der Waals surface area contributed by atoms with Crippen molar-refractivity contribution in [1.82, 2.24) is 10.2 Å². The van der Waals surface area contributed by atoms with Crippen molar-refractivity contribution in [2.75, 3.05) is 26.2 Å². The first-order valence-electron chi connectivity index (χ1n) is 11.9. The lowest BCUT2D eigenvalue weighted by molar-refractivity contribution is -0.148. The molecule has 34 heavy (non-hydrogen) atoms. The van der Waals surface area contributed by atoms with E-state index < -0.39 is 17.5 Å². The molecule has 0 unspecified atom stereocenters. The standard InChI is InChI=1S/C27H32N2O5/c1-27(2,25(32)29-15-11-18(12-16-29)24(30)31)13-14-28-26(33)34-17-23-21-9-5-3-7-19(21)20-8-4-6-10-22(20)23/h3-10,18,23H,11-17H2,1-2H3,(H,28,33)(H,30,31). The van der Waals surface area contributed by atoms with Gasteiger partial charge in [0.15, 0.2) is 0 Å². The van der Waals surface area contributed by atoms with Gasteiger partial charge < -0.3 is 20.1 Å². The van der Waals surface area contributed by atoms with Gasteiger partial charge in [-0.25, -0.2) is 4.79 Å². The maximum atomic E-state index is 12.9. The Morgan fingerprint density at radius 2 is 1.56 bits per heavy atom. The molecular weight excluding hydrogens is 432 g/mol. The number of piperidine rings is 1. The first-order valence-corrected chi connectivity index (χ1v) is 11.9. The Hall–Kier alpha value is -3.35. The number of carboxylic acid groups (broad SMARTS) is 1. The summed E-state index contributed by atoms with van der Waals surface area (Å²) in [4.78, 5) is 38.2. The van der Waals surface area contributed by atoms with E-state index in [1.165, 1.54) is 11.1 Å². The van der Waals surface area contributed by atoms with Gasteiger partial charge in [-0.2, -0.15) is 0 Å². The molecule has 0 saturated carbocycles. The maximum Gasteiger partial charge on any atom is 0.407 e. The van der Waals surface area contributed by atoms with Crippen LogP contribution in [0, 0.1) is 11.3 Å². The number of carboxylic acids is 1. The number of rotatable bonds is 7. The van der Waals surface area contributed by atoms with Gasteiger partial charge in [0.25, 0.3) is 0 Å². The van der Waals surface area contributed by atoms with Crippen LogP contribution in [0.4, 0.5) is 4.79 Å². The van der Waals surface area contributed by atoms with Crippen molar-refractivity contribution >= 4 is 18.0 Å². The minimum Gasteiger partial charge on any atom is -0.481 e. The van der Waals surface area contributed by atoms with Crippen molar-refractivity contribution in [2.24, 2.45) is 11.3 Å². The highest BCUT2D eigenvalue weighted by molar-refractivity contribution is 5.82. The maximum absolute atomic E-state index is 12.9. The number of benzene rings is 2. The second-order valence-electron chi connectivity index (χ2n) is 9.79. The van der Waals surface area contributed by atoms with Crippen LogP contribution in [0.1, 0.15) is 50.2 Å². The quantitative estimate of drug-likeness (QED) is 0.638. The molecule has 0 bridgehead atoms. The van der Waals surface area contributed by atoms with Crippen molar-refractivity contribution in [2.45, 2.75) is 39.0 Å². The van der Waals surface area contributed by atoms with Gasteiger partial charge in [0.1, 0.15) is 6.61 Å². The summed E-state index contributed by atoms with van der Waals surface area (Å²) in [6, 6.07) is 16.4. The molecule has 1 heterocycles. The topological polar surface area (TPSA) is 95.9 Å². The van der Waals surface area contributed by atoms with Crippen molar-refractivity contribution in [3.8, 4) is 11.1 Å². The van der Waals surface area contributed by atoms with E-state index in [4.69, 9.17) is 9.84 Å². The van der Waals surface area contributed by atoms with Crippen LogP contribution < -0.4 is 5.32 Å². The van der Waals surface area contributed by atoms with E-state index in [1.54, 1.807) is 4.90 Å². The number of alkyl carbamates (subject to hydrolysis) is 1. The van der Waals surface area contributed by atoms with Crippen molar-refractivity contribution < 1.29 is 24.2 Å². The van der Waals surface area contributed by atoms with Crippen LogP contribution in [0.3, 0.4) is 0 Å². The normalized spacial score (nSPS) is 16.0. The fraction of sp³-hybridized carbons (Fsp3) is 0.444. The number of ether oxygens (including phenoxy) is 1. The second kappa shape index (κ2) is 9.87. The van der Waals surface area contributed by atoms with E-state index in [9.17, 15) is 14.4 Å². The predicted octanol–water partition coefficient (Wildman–Crippen LogP) is 4.26. The van der Waals surface area contributed by atoms with E-state index in [-0.39, 0.29) is 24.3 Å². The average molecular weight is 465 g/mol. The van der Waals surface area contributed by atoms with Crippen LogP contribution >= 0.6 is 0 Å². The lowest BCUT2D eigenvalue weighted by atomic mass is 9.86. The van der Waals surface area contributed by atoms with Gasteiger partial charge in [-0.05, 0) is 41.5 Å². The van der Waals surface area contributed by atoms with E-state index in [2.05, 4.69) is 29.6 Å². The lowest BCUT2D eigenvalue weighted by Gasteiger charge is -2.36. The summed E-state index contributed by atoms with van der Waals surface area (Å²) >= 11 is 0. The van der Waals surface area contributed by atoms with Crippen LogP contribution in [0.5, 0.6) is 0 Å². The summed E-state index contributed by atoms with van der Waals surface area (Å²) in [6.45, 7) is 5.20. The first kappa shape index (κ1) is 23.8. The predicted molar refractivity (Wildman–Crippen MR) is 128 cm³/mol. The van der Waals surface area contributed by atoms with E-state index in [0.29, 0.717) is 38.9 Å². The Labute approximate surface area is 200 Å². The zero-order valence-corrected chi connectivity index (χ0v) is 19.8. The summed E-state index contributed by atoms with van der Waals surface area (Å²) in [7, 11) is 0. The molecule has 1 fully saturated rings. The van der Waals surface area contributed by atoms with Crippen LogP contribution in [0.25, 0.3) is 11.1 Å². The van der Waals surface area contributed by atoms with E-state index >= 15 is 0 Å². The molecule has 2 amide bonds. The fourth-order valence-corrected chi connectivity index (χ4v) is 4.99. The highest BCUT2D eigenvalue weighted by atomic mass is 16.5. The van der Waals surface area contributed by atoms with Gasteiger partial charge in [-0.15, -0.1) is 0 Å². The first-order chi connectivity index (χ1) is 16.3. The number of hydrogen-bond acceptors (Lipinski definition) is 4. The fourth-order valence-electron chi connectivity index (χ4n) is 4.99. The molecule has 1 aliphatic carbocycles. The largest absolute Gasteiger partial charge is 0.481 e. The number of hydrogen-bond donors (Lipinski definition) is 2. The molecule has 0 atom stereocenters. The number of aliphatic carboxylic acids is 1. The van der Waals surface area contributed by atoms with Gasteiger partial charge in [-0.3, -0.25) is 9.59 Å². The average Bonchev–Trinajstić information content (AvgIpc) is 3.16. The summed E-state index contributed by atoms with van der Waals surface area (Å²) in [5.41, 5.74) is 4.02. The zero-order valence-electron chi connectivity index (χ0n) is 19.8. The van der Waals surface area contributed by atoms with Gasteiger partial charge in [0.2, 0.25) is 5.91 Å². The van der Waals surface area contributed by atoms with Crippen LogP contribution in [0.2, 0.25) is 0 Å². The molecule has 180 valence electrons. The number of nitrogens with zero attached hydrogens (tertiary/aromatic N) is 1. The van der Waals surface area contributed by atoms with Crippen LogP contribution in [-0.2, 0) is 14.3 Å². The number of amides is 2. The Balaban J connectivity index is 1.25. The molecule has 0 aromatic heterocycles. The zero-order chi connectivity index (χ0) is 24.3. The number of nitrogens with one attached hydrogen (secondary N) is 1. The van der Waals surface area contributed by atoms with Crippen molar-refractivity contribution in [3.05, 3.63) is 59.7 Å². The molecule has 1 aliphatic heterocycles. The molecule has 1 saturated heterocycles. The summed E-state index contributed by atoms with van der Waals surface area (Å²) < 4.78 is 5.56. The van der Waals surface area contributed by atoms with Crippen molar-refractivity contribution in [1.29, 1.82) is 0 Å². The molecule has 4 rings (SSSR count). The third kappa shape index (κ3) is 4.93. The van der Waals surface area contributed by atoms with Crippen LogP contribution in [0.15, 0.2) is 48.5 Å². The SMILES string of the molecule is CC(C)(CCNC(=O)OCC1c2ccccc2-c2ccccc21)C(=O)N1CCC(C(=O)O)CC1. The monoisotopic (exact) mass is 464 g/mol. The molecule has 0 spiro atoms. The van der Waals surface area contributed by atoms with E-state index in [0.717, 1.165) is 11.1 Å². The minimum absolute atomic E-state index is 0.00454. The van der Waals surface area contributed by atoms with Gasteiger partial charge >= 0.3 is 12.1 Å². The van der Waals surface area contributed by atoms with Gasteiger partial charge in [0, 0.05) is 31.0 Å². The Kier molecular flexibility index (Phi) is 6.91. The molecule has 7 nitrogen and oxygen atoms in total. The van der Waals surface area contributed by atoms with Crippen molar-refractivity contribution in [3.63, 3.8) is 0 Å². The number of carbonyl (C=O) groups is 3. The Morgan fingerprint density at radius 3 is 2.12 bits per heavy atom. The molecule has 2 aliphatic rings. The summed E-state index contributed by atoms with van der Waals surface area (Å²) in [6.07, 6.45) is 0.937. The van der Waals surface area contributed by atoms with E-state index in [1.807, 2.05) is 38.1 Å². The Bertz CT molecular complexity index is 1030. The third-order valence-electron chi connectivity index (χ3n) is 7.07. The highest BCUT2D eigenvalue weighted by Gasteiger charge is 2.35. The van der Waals surface area contributed by atoms with Gasteiger partial charge in [-0.1, -0.05) is 62.4 Å². The summed E-state index contributed by atoms with van der Waals surface area (Å²) in [5.74, 6) is -1.17. The number of carbonyl (C=O) groups excluding carboxylic acids is 2. The number of fused-ring (bicyclic) bond motifs is 3. The molecule has 0 radical (unpaired) electrons. The Morgan fingerprint density at radius 1 is 1.00 bits per heavy atom. The smallest absolute Gasteiger partial charge is 0.407 e. The molecule has 2 aromatic carbocycles. The lowest BCUT2D eigenvalue weighted by Crippen LogP contribution is -2.47.